The Balaban J connectivity index is 2.26. The van der Waals surface area contributed by atoms with Gasteiger partial charge in [-0.15, -0.1) is 0 Å². The van der Waals surface area contributed by atoms with Gasteiger partial charge < -0.3 is 9.84 Å². The topological polar surface area (TPSA) is 94.3 Å². The minimum absolute atomic E-state index is 0.0693. The Hall–Kier alpha value is -3.22. The van der Waals surface area contributed by atoms with Crippen molar-refractivity contribution in [3.05, 3.63) is 52.4 Å². The quantitative estimate of drug-likeness (QED) is 0.739. The molecule has 2 heterocycles. The Labute approximate surface area is 137 Å². The van der Waals surface area contributed by atoms with E-state index in [-0.39, 0.29) is 17.8 Å². The summed E-state index contributed by atoms with van der Waals surface area (Å²) < 4.78 is 6.01. The Morgan fingerprint density at radius 2 is 2.00 bits per heavy atom. The number of aromatic nitrogens is 3. The van der Waals surface area contributed by atoms with Crippen LogP contribution >= 0.6 is 0 Å². The predicted molar refractivity (Wildman–Crippen MR) is 87.8 cm³/mol. The van der Waals surface area contributed by atoms with Crippen LogP contribution in [0.2, 0.25) is 0 Å². The molecule has 2 aromatic heterocycles. The van der Waals surface area contributed by atoms with Crippen molar-refractivity contribution in [1.82, 2.24) is 14.5 Å². The van der Waals surface area contributed by atoms with Crippen molar-refractivity contribution in [3.8, 4) is 17.0 Å². The predicted octanol–water partition coefficient (Wildman–Crippen LogP) is 1.88. The highest BCUT2D eigenvalue weighted by atomic mass is 16.5. The van der Waals surface area contributed by atoms with Crippen molar-refractivity contribution in [3.63, 3.8) is 0 Å². The normalized spacial score (nSPS) is 10.8. The van der Waals surface area contributed by atoms with Crippen LogP contribution in [0.25, 0.3) is 22.4 Å². The zero-order valence-corrected chi connectivity index (χ0v) is 13.2. The standard InChI is InChI=1S/C17H15N3O4/c1-3-24-17(23)12-14(21)13-15(20(2)16(12)22)19-11(9-18-13)10-7-5-4-6-8-10/h4-9,21H,3H2,1-2H3. The third-order valence-corrected chi connectivity index (χ3v) is 3.60. The zero-order valence-electron chi connectivity index (χ0n) is 13.2. The second kappa shape index (κ2) is 6.11. The van der Waals surface area contributed by atoms with Crippen molar-refractivity contribution in [2.75, 3.05) is 6.61 Å². The second-order valence-corrected chi connectivity index (χ2v) is 5.10. The Morgan fingerprint density at radius 1 is 1.29 bits per heavy atom. The highest BCUT2D eigenvalue weighted by Crippen LogP contribution is 2.26. The summed E-state index contributed by atoms with van der Waals surface area (Å²) in [6.45, 7) is 1.71. The third-order valence-electron chi connectivity index (χ3n) is 3.60. The summed E-state index contributed by atoms with van der Waals surface area (Å²) >= 11 is 0. The van der Waals surface area contributed by atoms with Crippen molar-refractivity contribution in [2.24, 2.45) is 7.05 Å². The van der Waals surface area contributed by atoms with Gasteiger partial charge in [-0.25, -0.2) is 14.8 Å². The lowest BCUT2D eigenvalue weighted by Crippen LogP contribution is -2.26. The molecule has 0 atom stereocenters. The molecule has 0 radical (unpaired) electrons. The van der Waals surface area contributed by atoms with Gasteiger partial charge in [0.15, 0.2) is 17.0 Å². The number of nitrogens with zero attached hydrogens (tertiary/aromatic N) is 3. The van der Waals surface area contributed by atoms with E-state index in [1.807, 2.05) is 30.3 Å². The van der Waals surface area contributed by atoms with E-state index in [2.05, 4.69) is 9.97 Å². The van der Waals surface area contributed by atoms with Crippen LogP contribution < -0.4 is 5.56 Å². The van der Waals surface area contributed by atoms with E-state index >= 15 is 0 Å². The number of pyridine rings is 1. The molecule has 0 aliphatic carbocycles. The fourth-order valence-electron chi connectivity index (χ4n) is 2.40. The van der Waals surface area contributed by atoms with Gasteiger partial charge in [0, 0.05) is 12.6 Å². The van der Waals surface area contributed by atoms with Gasteiger partial charge in [0.25, 0.3) is 5.56 Å². The number of fused-ring (bicyclic) bond motifs is 1. The molecule has 0 spiro atoms. The van der Waals surface area contributed by atoms with Gasteiger partial charge in [-0.1, -0.05) is 30.3 Å². The SMILES string of the molecule is CCOC(=O)c1c(O)c2ncc(-c3ccccc3)nc2n(C)c1=O. The maximum absolute atomic E-state index is 12.4. The largest absolute Gasteiger partial charge is 0.505 e. The molecule has 3 rings (SSSR count). The van der Waals surface area contributed by atoms with Crippen molar-refractivity contribution in [1.29, 1.82) is 0 Å². The van der Waals surface area contributed by atoms with E-state index in [9.17, 15) is 14.7 Å². The van der Waals surface area contributed by atoms with Crippen LogP contribution in [-0.4, -0.2) is 32.2 Å². The van der Waals surface area contributed by atoms with Gasteiger partial charge in [0.05, 0.1) is 18.5 Å². The van der Waals surface area contributed by atoms with Gasteiger partial charge in [0.2, 0.25) is 0 Å². The third kappa shape index (κ3) is 2.50. The number of aromatic hydroxyl groups is 1. The minimum atomic E-state index is -0.883. The first kappa shape index (κ1) is 15.7. The Kier molecular flexibility index (Phi) is 3.99. The fourth-order valence-corrected chi connectivity index (χ4v) is 2.40. The molecule has 0 unspecified atom stereocenters. The van der Waals surface area contributed by atoms with Crippen LogP contribution in [0.4, 0.5) is 0 Å². The number of hydrogen-bond donors (Lipinski definition) is 1. The molecule has 0 saturated heterocycles. The van der Waals surface area contributed by atoms with E-state index in [1.165, 1.54) is 17.8 Å². The number of ether oxygens (including phenoxy) is 1. The highest BCUT2D eigenvalue weighted by Gasteiger charge is 2.24. The molecule has 7 nitrogen and oxygen atoms in total. The van der Waals surface area contributed by atoms with E-state index in [0.29, 0.717) is 5.69 Å². The van der Waals surface area contributed by atoms with Crippen LogP contribution in [0.5, 0.6) is 5.75 Å². The molecule has 0 amide bonds. The summed E-state index contributed by atoms with van der Waals surface area (Å²) in [6.07, 6.45) is 1.48. The van der Waals surface area contributed by atoms with E-state index in [4.69, 9.17) is 4.74 Å². The molecule has 7 heteroatoms. The molecule has 24 heavy (non-hydrogen) atoms. The van der Waals surface area contributed by atoms with E-state index in [0.717, 1.165) is 5.56 Å². The average Bonchev–Trinajstić information content (AvgIpc) is 2.60. The van der Waals surface area contributed by atoms with E-state index in [1.54, 1.807) is 6.92 Å². The number of carbonyl (C=O) groups excluding carboxylic acids is 1. The first-order valence-corrected chi connectivity index (χ1v) is 7.35. The maximum Gasteiger partial charge on any atom is 0.347 e. The smallest absolute Gasteiger partial charge is 0.347 e. The van der Waals surface area contributed by atoms with E-state index < -0.39 is 22.8 Å². The molecule has 0 aliphatic heterocycles. The summed E-state index contributed by atoms with van der Waals surface area (Å²) in [7, 11) is 1.47. The molecule has 122 valence electrons. The van der Waals surface area contributed by atoms with Gasteiger partial charge >= 0.3 is 5.97 Å². The lowest BCUT2D eigenvalue weighted by atomic mass is 10.1. The number of hydrogen-bond acceptors (Lipinski definition) is 6. The second-order valence-electron chi connectivity index (χ2n) is 5.10. The molecule has 0 bridgehead atoms. The molecule has 0 aliphatic rings. The molecule has 1 aromatic carbocycles. The first-order valence-electron chi connectivity index (χ1n) is 7.35. The summed E-state index contributed by atoms with van der Waals surface area (Å²) in [5, 5.41) is 10.3. The maximum atomic E-state index is 12.4. The lowest BCUT2D eigenvalue weighted by molar-refractivity contribution is 0.0520. The average molecular weight is 325 g/mol. The molecule has 0 saturated carbocycles. The Bertz CT molecular complexity index is 981. The fraction of sp³-hybridized carbons (Fsp3) is 0.176. The first-order chi connectivity index (χ1) is 11.5. The van der Waals surface area contributed by atoms with Crippen molar-refractivity contribution >= 4 is 17.1 Å². The van der Waals surface area contributed by atoms with Crippen LogP contribution in [0.1, 0.15) is 17.3 Å². The summed E-state index contributed by atoms with van der Waals surface area (Å²) in [4.78, 5) is 32.9. The number of esters is 1. The van der Waals surface area contributed by atoms with Crippen LogP contribution in [-0.2, 0) is 11.8 Å². The lowest BCUT2D eigenvalue weighted by Gasteiger charge is -2.11. The van der Waals surface area contributed by atoms with Crippen molar-refractivity contribution < 1.29 is 14.6 Å². The van der Waals surface area contributed by atoms with Crippen LogP contribution in [0.3, 0.4) is 0 Å². The van der Waals surface area contributed by atoms with Crippen LogP contribution in [0.15, 0.2) is 41.3 Å². The molecular weight excluding hydrogens is 310 g/mol. The molecule has 1 N–H and O–H groups in total. The molecular formula is C17H15N3O4. The molecule has 3 aromatic rings. The van der Waals surface area contributed by atoms with Crippen molar-refractivity contribution in [2.45, 2.75) is 6.92 Å². The number of benzene rings is 1. The summed E-state index contributed by atoms with van der Waals surface area (Å²) in [5.74, 6) is -1.40. The van der Waals surface area contributed by atoms with Gasteiger partial charge in [-0.2, -0.15) is 0 Å². The zero-order chi connectivity index (χ0) is 17.3. The minimum Gasteiger partial charge on any atom is -0.505 e. The summed E-state index contributed by atoms with van der Waals surface area (Å²) in [5.41, 5.74) is 0.521. The number of rotatable bonds is 3. The Morgan fingerprint density at radius 3 is 2.67 bits per heavy atom. The number of aryl methyl sites for hydroxylation is 1. The highest BCUT2D eigenvalue weighted by molar-refractivity contribution is 5.97. The van der Waals surface area contributed by atoms with Gasteiger partial charge in [0.1, 0.15) is 5.52 Å². The van der Waals surface area contributed by atoms with Crippen LogP contribution in [0, 0.1) is 0 Å². The molecule has 0 fully saturated rings. The summed E-state index contributed by atoms with van der Waals surface area (Å²) in [6, 6.07) is 9.33. The van der Waals surface area contributed by atoms with Gasteiger partial charge in [-0.05, 0) is 6.92 Å². The number of carbonyl (C=O) groups is 1. The monoisotopic (exact) mass is 325 g/mol. The van der Waals surface area contributed by atoms with Gasteiger partial charge in [-0.3, -0.25) is 9.36 Å².